The van der Waals surface area contributed by atoms with Crippen molar-refractivity contribution >= 4 is 17.5 Å². The second-order valence-corrected chi connectivity index (χ2v) is 2.96. The highest BCUT2D eigenvalue weighted by molar-refractivity contribution is 5.76. The molecular formula is C8H10N5+. The topological polar surface area (TPSA) is 46.6 Å². The van der Waals surface area contributed by atoms with Gasteiger partial charge in [-0.1, -0.05) is 9.78 Å². The fourth-order valence-electron chi connectivity index (χ4n) is 1.09. The highest BCUT2D eigenvalue weighted by Crippen LogP contribution is 2.03. The molecule has 0 bridgehead atoms. The minimum atomic E-state index is 0.667. The van der Waals surface area contributed by atoms with Crippen LogP contribution < -0.4 is 0 Å². The van der Waals surface area contributed by atoms with Crippen molar-refractivity contribution in [2.45, 2.75) is 0 Å². The SMILES string of the molecule is C[N+](C)=Cn1nnc2ncccc21. The summed E-state index contributed by atoms with van der Waals surface area (Å²) in [5.41, 5.74) is 1.58. The Morgan fingerprint density at radius 2 is 2.31 bits per heavy atom. The summed E-state index contributed by atoms with van der Waals surface area (Å²) in [6.07, 6.45) is 3.55. The summed E-state index contributed by atoms with van der Waals surface area (Å²) in [7, 11) is 3.87. The van der Waals surface area contributed by atoms with E-state index in [1.807, 2.05) is 37.1 Å². The van der Waals surface area contributed by atoms with E-state index in [0.717, 1.165) is 5.52 Å². The van der Waals surface area contributed by atoms with E-state index in [2.05, 4.69) is 15.3 Å². The first kappa shape index (κ1) is 7.85. The minimum absolute atomic E-state index is 0.667. The summed E-state index contributed by atoms with van der Waals surface area (Å²) < 4.78 is 3.60. The quantitative estimate of drug-likeness (QED) is 0.348. The third-order valence-electron chi connectivity index (χ3n) is 1.59. The van der Waals surface area contributed by atoms with Crippen LogP contribution in [0.15, 0.2) is 18.3 Å². The first-order valence-electron chi connectivity index (χ1n) is 3.95. The lowest BCUT2D eigenvalue weighted by Crippen LogP contribution is -2.08. The predicted octanol–water partition coefficient (Wildman–Crippen LogP) is -0.0252. The molecule has 2 heterocycles. The molecule has 5 nitrogen and oxygen atoms in total. The molecule has 0 N–H and O–H groups in total. The largest absolute Gasteiger partial charge is 0.271 e. The van der Waals surface area contributed by atoms with Gasteiger partial charge in [-0.25, -0.2) is 4.98 Å². The van der Waals surface area contributed by atoms with Crippen LogP contribution in [-0.4, -0.2) is 45.0 Å². The first-order chi connectivity index (χ1) is 6.27. The van der Waals surface area contributed by atoms with Crippen LogP contribution in [0.1, 0.15) is 0 Å². The smallest absolute Gasteiger partial charge is 0.266 e. The summed E-state index contributed by atoms with van der Waals surface area (Å²) in [6.45, 7) is 0. The lowest BCUT2D eigenvalue weighted by Gasteiger charge is -1.86. The van der Waals surface area contributed by atoms with Crippen molar-refractivity contribution in [2.24, 2.45) is 0 Å². The molecule has 0 saturated heterocycles. The molecule has 0 aromatic carbocycles. The van der Waals surface area contributed by atoms with Crippen molar-refractivity contribution in [3.63, 3.8) is 0 Å². The second kappa shape index (κ2) is 2.93. The van der Waals surface area contributed by atoms with E-state index in [1.165, 1.54) is 0 Å². The van der Waals surface area contributed by atoms with Crippen molar-refractivity contribution in [2.75, 3.05) is 14.1 Å². The molecule has 2 rings (SSSR count). The molecule has 0 unspecified atom stereocenters. The molecule has 0 fully saturated rings. The van der Waals surface area contributed by atoms with Gasteiger partial charge in [0.15, 0.2) is 0 Å². The number of aromatic nitrogens is 4. The Labute approximate surface area is 75.3 Å². The highest BCUT2D eigenvalue weighted by Gasteiger charge is 2.07. The lowest BCUT2D eigenvalue weighted by atomic mass is 10.4. The van der Waals surface area contributed by atoms with Crippen molar-refractivity contribution in [3.05, 3.63) is 18.3 Å². The molecule has 0 saturated carbocycles. The summed E-state index contributed by atoms with van der Waals surface area (Å²) in [5.74, 6) is 0. The summed E-state index contributed by atoms with van der Waals surface area (Å²) in [4.78, 5) is 4.08. The minimum Gasteiger partial charge on any atom is -0.271 e. The Morgan fingerprint density at radius 1 is 1.46 bits per heavy atom. The van der Waals surface area contributed by atoms with Gasteiger partial charge in [0.1, 0.15) is 0 Å². The Morgan fingerprint density at radius 3 is 3.08 bits per heavy atom. The van der Waals surface area contributed by atoms with Crippen LogP contribution in [0.5, 0.6) is 0 Å². The van der Waals surface area contributed by atoms with E-state index in [9.17, 15) is 0 Å². The number of fused-ring (bicyclic) bond motifs is 1. The normalized spacial score (nSPS) is 10.3. The first-order valence-corrected chi connectivity index (χ1v) is 3.95. The zero-order valence-corrected chi connectivity index (χ0v) is 7.55. The molecule has 5 heteroatoms. The van der Waals surface area contributed by atoms with Gasteiger partial charge in [0.2, 0.25) is 11.2 Å². The third kappa shape index (κ3) is 1.40. The predicted molar refractivity (Wildman–Crippen MR) is 48.9 cm³/mol. The van der Waals surface area contributed by atoms with Gasteiger partial charge in [0.05, 0.1) is 14.1 Å². The molecule has 0 spiro atoms. The van der Waals surface area contributed by atoms with Crippen LogP contribution in [0.4, 0.5) is 0 Å². The van der Waals surface area contributed by atoms with E-state index in [4.69, 9.17) is 0 Å². The van der Waals surface area contributed by atoms with E-state index >= 15 is 0 Å². The Hall–Kier alpha value is -1.78. The lowest BCUT2D eigenvalue weighted by molar-refractivity contribution is -0.461. The number of pyridine rings is 1. The number of nitrogens with zero attached hydrogens (tertiary/aromatic N) is 5. The van der Waals surface area contributed by atoms with E-state index in [-0.39, 0.29) is 0 Å². The monoisotopic (exact) mass is 176 g/mol. The fraction of sp³-hybridized carbons (Fsp3) is 0.250. The van der Waals surface area contributed by atoms with Gasteiger partial charge >= 0.3 is 0 Å². The third-order valence-corrected chi connectivity index (χ3v) is 1.59. The number of hydrogen-bond acceptors (Lipinski definition) is 3. The van der Waals surface area contributed by atoms with E-state index in [1.54, 1.807) is 10.9 Å². The van der Waals surface area contributed by atoms with Crippen LogP contribution in [0.2, 0.25) is 0 Å². The maximum absolute atomic E-state index is 4.08. The number of hydrogen-bond donors (Lipinski definition) is 0. The van der Waals surface area contributed by atoms with E-state index < -0.39 is 0 Å². The summed E-state index contributed by atoms with van der Waals surface area (Å²) >= 11 is 0. The summed E-state index contributed by atoms with van der Waals surface area (Å²) in [6, 6.07) is 3.80. The molecule has 13 heavy (non-hydrogen) atoms. The molecule has 0 radical (unpaired) electrons. The van der Waals surface area contributed by atoms with E-state index in [0.29, 0.717) is 5.65 Å². The van der Waals surface area contributed by atoms with Crippen LogP contribution in [0, 0.1) is 0 Å². The molecule has 0 amide bonds. The van der Waals surface area contributed by atoms with Crippen molar-refractivity contribution in [1.82, 2.24) is 20.0 Å². The second-order valence-electron chi connectivity index (χ2n) is 2.96. The van der Waals surface area contributed by atoms with Gasteiger partial charge in [-0.15, -0.1) is 0 Å². The van der Waals surface area contributed by atoms with Gasteiger partial charge in [-0.05, 0) is 12.1 Å². The number of rotatable bonds is 1. The molecule has 66 valence electrons. The van der Waals surface area contributed by atoms with Gasteiger partial charge in [0, 0.05) is 11.4 Å². The molecule has 0 aliphatic carbocycles. The highest BCUT2D eigenvalue weighted by atomic mass is 15.4. The van der Waals surface area contributed by atoms with Crippen LogP contribution in [0.25, 0.3) is 11.2 Å². The zero-order chi connectivity index (χ0) is 9.26. The average Bonchev–Trinajstić information content (AvgIpc) is 2.48. The van der Waals surface area contributed by atoms with Crippen LogP contribution in [0.3, 0.4) is 0 Å². The maximum atomic E-state index is 4.08. The molecule has 2 aromatic heterocycles. The fourth-order valence-corrected chi connectivity index (χ4v) is 1.09. The molecule has 2 aromatic rings. The molecule has 0 aliphatic heterocycles. The van der Waals surface area contributed by atoms with Crippen molar-refractivity contribution in [1.29, 1.82) is 0 Å². The average molecular weight is 176 g/mol. The van der Waals surface area contributed by atoms with Gasteiger partial charge < -0.3 is 0 Å². The molecule has 0 aliphatic rings. The zero-order valence-electron chi connectivity index (χ0n) is 7.55. The Kier molecular flexibility index (Phi) is 1.77. The van der Waals surface area contributed by atoms with Crippen LogP contribution in [-0.2, 0) is 0 Å². The van der Waals surface area contributed by atoms with Gasteiger partial charge in [0.25, 0.3) is 6.34 Å². The standard InChI is InChI=1S/C8H10N5/c1-12(2)6-13-7-4-3-5-9-8(7)10-11-13/h3-6H,1-2H3/q+1. The van der Waals surface area contributed by atoms with Gasteiger partial charge in [-0.3, -0.25) is 4.58 Å². The van der Waals surface area contributed by atoms with Crippen LogP contribution >= 0.6 is 0 Å². The van der Waals surface area contributed by atoms with Crippen molar-refractivity contribution < 1.29 is 4.58 Å². The van der Waals surface area contributed by atoms with Gasteiger partial charge in [-0.2, -0.15) is 0 Å². The molecular weight excluding hydrogens is 166 g/mol. The molecule has 0 atom stereocenters. The Bertz CT molecular complexity index is 452. The summed E-state index contributed by atoms with van der Waals surface area (Å²) in [5, 5.41) is 7.86. The van der Waals surface area contributed by atoms with Crippen molar-refractivity contribution in [3.8, 4) is 0 Å². The Balaban J connectivity index is 2.65. The maximum Gasteiger partial charge on any atom is 0.266 e.